The van der Waals surface area contributed by atoms with Crippen LogP contribution in [0.3, 0.4) is 0 Å². The molecule has 1 aliphatic carbocycles. The minimum absolute atomic E-state index is 0.276. The van der Waals surface area contributed by atoms with Crippen molar-refractivity contribution in [3.05, 3.63) is 0 Å². The lowest BCUT2D eigenvalue weighted by Crippen LogP contribution is -2.51. The molecule has 3 rings (SSSR count). The van der Waals surface area contributed by atoms with Crippen LogP contribution in [-0.4, -0.2) is 52.9 Å². The fourth-order valence-corrected chi connectivity index (χ4v) is 4.63. The van der Waals surface area contributed by atoms with E-state index in [0.717, 1.165) is 37.4 Å². The van der Waals surface area contributed by atoms with E-state index in [4.69, 9.17) is 0 Å². The maximum atomic E-state index is 12.6. The summed E-state index contributed by atoms with van der Waals surface area (Å²) >= 11 is 0. The monoisotopic (exact) mass is 350 g/mol. The second-order valence-electron chi connectivity index (χ2n) is 8.20. The van der Waals surface area contributed by atoms with Crippen LogP contribution in [0.2, 0.25) is 0 Å². The molecule has 1 spiro atoms. The highest BCUT2D eigenvalue weighted by Gasteiger charge is 2.52. The summed E-state index contributed by atoms with van der Waals surface area (Å²) in [5.74, 6) is 0.709. The van der Waals surface area contributed by atoms with E-state index in [0.29, 0.717) is 37.6 Å². The summed E-state index contributed by atoms with van der Waals surface area (Å²) in [4.78, 5) is 39.3. The molecule has 4 amide bonds. The summed E-state index contributed by atoms with van der Waals surface area (Å²) in [7, 11) is 0. The van der Waals surface area contributed by atoms with Gasteiger partial charge in [0.15, 0.2) is 0 Å². The molecule has 7 nitrogen and oxygen atoms in total. The van der Waals surface area contributed by atoms with Crippen LogP contribution >= 0.6 is 0 Å². The number of nitrogens with one attached hydrogen (secondary N) is 2. The van der Waals surface area contributed by atoms with Gasteiger partial charge in [0.25, 0.3) is 5.91 Å². The summed E-state index contributed by atoms with van der Waals surface area (Å²) < 4.78 is 0. The number of hydrazine groups is 1. The number of urea groups is 1. The number of carbonyl (C=O) groups excluding carboxylic acids is 3. The first-order chi connectivity index (χ1) is 11.9. The highest BCUT2D eigenvalue weighted by Crippen LogP contribution is 2.33. The van der Waals surface area contributed by atoms with Gasteiger partial charge in [0.05, 0.1) is 0 Å². The highest BCUT2D eigenvalue weighted by molar-refractivity contribution is 6.07. The smallest absolute Gasteiger partial charge is 0.322 e. The first-order valence-corrected chi connectivity index (χ1v) is 9.58. The maximum Gasteiger partial charge on any atom is 0.344 e. The summed E-state index contributed by atoms with van der Waals surface area (Å²) in [5.41, 5.74) is 1.73. The topological polar surface area (TPSA) is 81.8 Å². The molecule has 2 aliphatic heterocycles. The number of likely N-dealkylation sites (tertiary alicyclic amines) is 1. The summed E-state index contributed by atoms with van der Waals surface area (Å²) in [5, 5.41) is 3.70. The van der Waals surface area contributed by atoms with Crippen molar-refractivity contribution in [3.63, 3.8) is 0 Å². The van der Waals surface area contributed by atoms with Gasteiger partial charge in [-0.3, -0.25) is 15.0 Å². The summed E-state index contributed by atoms with van der Waals surface area (Å²) in [6.07, 6.45) is 5.79. The summed E-state index contributed by atoms with van der Waals surface area (Å²) in [6.45, 7) is 7.14. The standard InChI is InChI=1S/C18H30N4O3/c1-13-10-14(2)12-21(11-13)9-6-15(23)20-22-16(24)18(19-17(22)25)7-4-3-5-8-18/h13-14H,3-12H2,1-2H3,(H,19,25)(H,20,23). The molecule has 0 aromatic rings. The van der Waals surface area contributed by atoms with E-state index in [-0.39, 0.29) is 11.8 Å². The Kier molecular flexibility index (Phi) is 5.32. The van der Waals surface area contributed by atoms with E-state index in [1.807, 2.05) is 0 Å². The van der Waals surface area contributed by atoms with Crippen molar-refractivity contribution in [2.45, 2.75) is 64.3 Å². The van der Waals surface area contributed by atoms with Crippen LogP contribution in [0.4, 0.5) is 4.79 Å². The van der Waals surface area contributed by atoms with Gasteiger partial charge in [-0.1, -0.05) is 33.1 Å². The van der Waals surface area contributed by atoms with Crippen LogP contribution in [0.25, 0.3) is 0 Å². The number of nitrogens with zero attached hydrogens (tertiary/aromatic N) is 2. The molecule has 0 radical (unpaired) electrons. The molecule has 3 fully saturated rings. The first-order valence-electron chi connectivity index (χ1n) is 9.58. The molecule has 0 bridgehead atoms. The Balaban J connectivity index is 1.51. The van der Waals surface area contributed by atoms with E-state index in [1.165, 1.54) is 6.42 Å². The number of rotatable bonds is 4. The Morgan fingerprint density at radius 1 is 1.16 bits per heavy atom. The van der Waals surface area contributed by atoms with Crippen molar-refractivity contribution in [3.8, 4) is 0 Å². The zero-order chi connectivity index (χ0) is 18.0. The molecule has 1 saturated carbocycles. The Morgan fingerprint density at radius 2 is 1.80 bits per heavy atom. The van der Waals surface area contributed by atoms with Gasteiger partial charge in [-0.2, -0.15) is 5.01 Å². The lowest BCUT2D eigenvalue weighted by molar-refractivity contribution is -0.140. The van der Waals surface area contributed by atoms with Crippen molar-refractivity contribution >= 4 is 17.8 Å². The molecule has 0 aromatic carbocycles. The van der Waals surface area contributed by atoms with Crippen LogP contribution < -0.4 is 10.7 Å². The Hall–Kier alpha value is -1.63. The minimum atomic E-state index is -0.791. The summed E-state index contributed by atoms with van der Waals surface area (Å²) in [6, 6.07) is -0.500. The maximum absolute atomic E-state index is 12.6. The minimum Gasteiger partial charge on any atom is -0.322 e. The number of hydrogen-bond donors (Lipinski definition) is 2. The van der Waals surface area contributed by atoms with E-state index in [1.54, 1.807) is 0 Å². The van der Waals surface area contributed by atoms with Crippen LogP contribution in [0.15, 0.2) is 0 Å². The number of hydrogen-bond acceptors (Lipinski definition) is 4. The third-order valence-electron chi connectivity index (χ3n) is 5.70. The molecule has 2 saturated heterocycles. The lowest BCUT2D eigenvalue weighted by Gasteiger charge is -2.34. The molecular weight excluding hydrogens is 320 g/mol. The fraction of sp³-hybridized carbons (Fsp3) is 0.833. The van der Waals surface area contributed by atoms with E-state index in [2.05, 4.69) is 29.5 Å². The lowest BCUT2D eigenvalue weighted by atomic mass is 9.82. The van der Waals surface area contributed by atoms with Crippen molar-refractivity contribution < 1.29 is 14.4 Å². The van der Waals surface area contributed by atoms with Gasteiger partial charge in [0, 0.05) is 26.1 Å². The van der Waals surface area contributed by atoms with Crippen molar-refractivity contribution in [1.29, 1.82) is 0 Å². The van der Waals surface area contributed by atoms with Gasteiger partial charge in [-0.15, -0.1) is 0 Å². The molecule has 7 heteroatoms. The van der Waals surface area contributed by atoms with E-state index >= 15 is 0 Å². The number of amides is 4. The largest absolute Gasteiger partial charge is 0.344 e. The van der Waals surface area contributed by atoms with Gasteiger partial charge in [-0.05, 0) is 31.1 Å². The van der Waals surface area contributed by atoms with Crippen LogP contribution in [0.1, 0.15) is 58.8 Å². The molecule has 2 atom stereocenters. The second-order valence-corrected chi connectivity index (χ2v) is 8.20. The van der Waals surface area contributed by atoms with E-state index in [9.17, 15) is 14.4 Å². The van der Waals surface area contributed by atoms with Crippen LogP contribution in [0, 0.1) is 11.8 Å². The molecule has 0 aromatic heterocycles. The van der Waals surface area contributed by atoms with Gasteiger partial charge in [0.2, 0.25) is 5.91 Å². The van der Waals surface area contributed by atoms with E-state index < -0.39 is 11.6 Å². The highest BCUT2D eigenvalue weighted by atomic mass is 16.2. The van der Waals surface area contributed by atoms with Gasteiger partial charge >= 0.3 is 6.03 Å². The Morgan fingerprint density at radius 3 is 2.44 bits per heavy atom. The molecule has 2 heterocycles. The normalized spacial score (nSPS) is 29.8. The second kappa shape index (κ2) is 7.32. The van der Waals surface area contributed by atoms with Crippen molar-refractivity contribution in [2.75, 3.05) is 19.6 Å². The predicted molar refractivity (Wildman–Crippen MR) is 93.3 cm³/mol. The zero-order valence-electron chi connectivity index (χ0n) is 15.3. The zero-order valence-corrected chi connectivity index (χ0v) is 15.3. The average molecular weight is 350 g/mol. The molecule has 2 unspecified atom stereocenters. The third-order valence-corrected chi connectivity index (χ3v) is 5.70. The molecular formula is C18H30N4O3. The first kappa shape index (κ1) is 18.2. The van der Waals surface area contributed by atoms with Crippen LogP contribution in [-0.2, 0) is 9.59 Å². The number of imide groups is 1. The molecule has 140 valence electrons. The Bertz CT molecular complexity index is 534. The van der Waals surface area contributed by atoms with Crippen molar-refractivity contribution in [1.82, 2.24) is 20.7 Å². The molecule has 3 aliphatic rings. The quantitative estimate of drug-likeness (QED) is 0.755. The SMILES string of the molecule is CC1CC(C)CN(CCC(=O)NN2C(=O)NC3(CCCCC3)C2=O)C1. The predicted octanol–water partition coefficient (Wildman–Crippen LogP) is 1.64. The fourth-order valence-electron chi connectivity index (χ4n) is 4.63. The molecule has 25 heavy (non-hydrogen) atoms. The van der Waals surface area contributed by atoms with Gasteiger partial charge in [0.1, 0.15) is 5.54 Å². The average Bonchev–Trinajstić information content (AvgIpc) is 2.77. The van der Waals surface area contributed by atoms with Gasteiger partial charge in [-0.25, -0.2) is 4.79 Å². The van der Waals surface area contributed by atoms with Crippen LogP contribution in [0.5, 0.6) is 0 Å². The van der Waals surface area contributed by atoms with Gasteiger partial charge < -0.3 is 10.2 Å². The molecule has 2 N–H and O–H groups in total. The third kappa shape index (κ3) is 3.97. The Labute approximate surface area is 149 Å². The number of piperidine rings is 1. The number of carbonyl (C=O) groups is 3. The van der Waals surface area contributed by atoms with Crippen molar-refractivity contribution in [2.24, 2.45) is 11.8 Å².